The molecule has 25 heavy (non-hydrogen) atoms. The largest absolute Gasteiger partial charge is 0.383 e. The van der Waals surface area contributed by atoms with Gasteiger partial charge in [0.2, 0.25) is 0 Å². The number of pyridine rings is 1. The summed E-state index contributed by atoms with van der Waals surface area (Å²) in [7, 11) is 1.68. The predicted molar refractivity (Wildman–Crippen MR) is 98.5 cm³/mol. The molecule has 0 aliphatic rings. The van der Waals surface area contributed by atoms with Crippen LogP contribution >= 0.6 is 0 Å². The van der Waals surface area contributed by atoms with Crippen LogP contribution in [0.15, 0.2) is 55.0 Å². The van der Waals surface area contributed by atoms with Gasteiger partial charge in [-0.25, -0.2) is 0 Å². The van der Waals surface area contributed by atoms with Crippen LogP contribution in [0.1, 0.15) is 35.3 Å². The average molecular weight is 337 g/mol. The van der Waals surface area contributed by atoms with Gasteiger partial charge in [0.25, 0.3) is 5.91 Å². The molecular formula is C20H23N3O2. The number of carbonyl (C=O) groups excluding carboxylic acids is 1. The first-order valence-electron chi connectivity index (χ1n) is 8.52. The van der Waals surface area contributed by atoms with Crippen LogP contribution in [0.5, 0.6) is 0 Å². The number of para-hydroxylation sites is 1. The number of rotatable bonds is 7. The molecule has 2 heterocycles. The van der Waals surface area contributed by atoms with Gasteiger partial charge in [-0.2, -0.15) is 0 Å². The van der Waals surface area contributed by atoms with Gasteiger partial charge >= 0.3 is 0 Å². The van der Waals surface area contributed by atoms with Gasteiger partial charge in [-0.05, 0) is 30.2 Å². The Kier molecular flexibility index (Phi) is 5.46. The van der Waals surface area contributed by atoms with Crippen molar-refractivity contribution in [3.8, 4) is 0 Å². The molecule has 0 fully saturated rings. The smallest absolute Gasteiger partial charge is 0.253 e. The molecule has 1 unspecified atom stereocenters. The van der Waals surface area contributed by atoms with E-state index in [1.807, 2.05) is 42.6 Å². The van der Waals surface area contributed by atoms with Crippen LogP contribution in [0.3, 0.4) is 0 Å². The van der Waals surface area contributed by atoms with Crippen molar-refractivity contribution in [2.75, 3.05) is 13.7 Å². The van der Waals surface area contributed by atoms with Crippen molar-refractivity contribution in [3.63, 3.8) is 0 Å². The van der Waals surface area contributed by atoms with E-state index in [9.17, 15) is 4.79 Å². The maximum atomic E-state index is 12.9. The second-order valence-corrected chi connectivity index (χ2v) is 5.96. The average Bonchev–Trinajstić information content (AvgIpc) is 3.04. The van der Waals surface area contributed by atoms with E-state index in [0.29, 0.717) is 18.7 Å². The van der Waals surface area contributed by atoms with Gasteiger partial charge in [0, 0.05) is 43.1 Å². The standard InChI is InChI=1S/C20H23N3O2/c1-3-18(15-8-10-21-11-9-15)22-20(24)17-14-23(12-13-25-2)19-7-5-4-6-16(17)19/h4-11,14,18H,3,12-13H2,1-2H3,(H,22,24). The van der Waals surface area contributed by atoms with Crippen molar-refractivity contribution in [2.45, 2.75) is 25.9 Å². The SMILES string of the molecule is CCC(NC(=O)c1cn(CCOC)c2ccccc12)c1ccncc1. The number of aromatic nitrogens is 2. The zero-order chi connectivity index (χ0) is 17.6. The summed E-state index contributed by atoms with van der Waals surface area (Å²) in [5.41, 5.74) is 2.80. The van der Waals surface area contributed by atoms with Gasteiger partial charge in [-0.3, -0.25) is 9.78 Å². The fourth-order valence-electron chi connectivity index (χ4n) is 3.06. The molecule has 2 aromatic heterocycles. The fraction of sp³-hybridized carbons (Fsp3) is 0.300. The van der Waals surface area contributed by atoms with E-state index < -0.39 is 0 Å². The van der Waals surface area contributed by atoms with Crippen molar-refractivity contribution >= 4 is 16.8 Å². The fourth-order valence-corrected chi connectivity index (χ4v) is 3.06. The maximum Gasteiger partial charge on any atom is 0.253 e. The molecular weight excluding hydrogens is 314 g/mol. The third-order valence-electron chi connectivity index (χ3n) is 4.39. The number of carbonyl (C=O) groups is 1. The molecule has 130 valence electrons. The summed E-state index contributed by atoms with van der Waals surface area (Å²) in [4.78, 5) is 17.0. The Morgan fingerprint density at radius 3 is 2.72 bits per heavy atom. The number of fused-ring (bicyclic) bond motifs is 1. The molecule has 0 bridgehead atoms. The molecule has 1 amide bonds. The van der Waals surface area contributed by atoms with Crippen LogP contribution in [-0.4, -0.2) is 29.2 Å². The first kappa shape index (κ1) is 17.2. The highest BCUT2D eigenvalue weighted by Gasteiger charge is 2.18. The Hall–Kier alpha value is -2.66. The topological polar surface area (TPSA) is 56.2 Å². The lowest BCUT2D eigenvalue weighted by Crippen LogP contribution is -2.28. The minimum atomic E-state index is -0.0592. The monoisotopic (exact) mass is 337 g/mol. The summed E-state index contributed by atoms with van der Waals surface area (Å²) in [5.74, 6) is -0.0592. The second-order valence-electron chi connectivity index (χ2n) is 5.96. The van der Waals surface area contributed by atoms with Crippen LogP contribution in [-0.2, 0) is 11.3 Å². The number of nitrogens with one attached hydrogen (secondary N) is 1. The van der Waals surface area contributed by atoms with Gasteiger partial charge < -0.3 is 14.6 Å². The molecule has 5 heteroatoms. The number of benzene rings is 1. The third-order valence-corrected chi connectivity index (χ3v) is 4.39. The van der Waals surface area contributed by atoms with Crippen LogP contribution < -0.4 is 5.32 Å². The lowest BCUT2D eigenvalue weighted by molar-refractivity contribution is 0.0937. The molecule has 0 radical (unpaired) electrons. The normalized spacial score (nSPS) is 12.2. The summed E-state index contributed by atoms with van der Waals surface area (Å²) < 4.78 is 7.25. The van der Waals surface area contributed by atoms with Gasteiger partial charge in [-0.1, -0.05) is 25.1 Å². The van der Waals surface area contributed by atoms with Crippen molar-refractivity contribution < 1.29 is 9.53 Å². The molecule has 1 aromatic carbocycles. The van der Waals surface area contributed by atoms with Gasteiger partial charge in [0.15, 0.2) is 0 Å². The van der Waals surface area contributed by atoms with Crippen LogP contribution in [0, 0.1) is 0 Å². The quantitative estimate of drug-likeness (QED) is 0.717. The molecule has 0 saturated heterocycles. The van der Waals surface area contributed by atoms with Gasteiger partial charge in [0.05, 0.1) is 18.2 Å². The Morgan fingerprint density at radius 1 is 1.24 bits per heavy atom. The van der Waals surface area contributed by atoms with Crippen molar-refractivity contribution in [1.29, 1.82) is 0 Å². The molecule has 1 N–H and O–H groups in total. The van der Waals surface area contributed by atoms with Crippen LogP contribution in [0.2, 0.25) is 0 Å². The Bertz CT molecular complexity index is 843. The molecule has 3 aromatic rings. The molecule has 3 rings (SSSR count). The number of hydrogen-bond acceptors (Lipinski definition) is 3. The molecule has 0 aliphatic carbocycles. The Labute approximate surface area is 147 Å². The Morgan fingerprint density at radius 2 is 2.00 bits per heavy atom. The first-order valence-corrected chi connectivity index (χ1v) is 8.52. The van der Waals surface area contributed by atoms with E-state index in [1.165, 1.54) is 0 Å². The summed E-state index contributed by atoms with van der Waals surface area (Å²) in [6, 6.07) is 11.8. The lowest BCUT2D eigenvalue weighted by atomic mass is 10.1. The Balaban J connectivity index is 1.89. The molecule has 0 saturated carbocycles. The van der Waals surface area contributed by atoms with Gasteiger partial charge in [0.1, 0.15) is 0 Å². The molecule has 0 spiro atoms. The van der Waals surface area contributed by atoms with E-state index in [0.717, 1.165) is 22.9 Å². The van der Waals surface area contributed by atoms with Crippen molar-refractivity contribution in [1.82, 2.24) is 14.9 Å². The highest BCUT2D eigenvalue weighted by Crippen LogP contribution is 2.23. The van der Waals surface area contributed by atoms with E-state index in [-0.39, 0.29) is 11.9 Å². The van der Waals surface area contributed by atoms with Crippen molar-refractivity contribution in [3.05, 3.63) is 66.1 Å². The summed E-state index contributed by atoms with van der Waals surface area (Å²) in [6.45, 7) is 3.38. The third kappa shape index (κ3) is 3.72. The molecule has 0 aliphatic heterocycles. The maximum absolute atomic E-state index is 12.9. The van der Waals surface area contributed by atoms with E-state index in [4.69, 9.17) is 4.74 Å². The van der Waals surface area contributed by atoms with Crippen molar-refractivity contribution in [2.24, 2.45) is 0 Å². The number of amides is 1. The zero-order valence-corrected chi connectivity index (χ0v) is 14.6. The summed E-state index contributed by atoms with van der Waals surface area (Å²) in [6.07, 6.45) is 6.23. The highest BCUT2D eigenvalue weighted by atomic mass is 16.5. The summed E-state index contributed by atoms with van der Waals surface area (Å²) >= 11 is 0. The highest BCUT2D eigenvalue weighted by molar-refractivity contribution is 6.07. The predicted octanol–water partition coefficient (Wildman–Crippen LogP) is 3.56. The lowest BCUT2D eigenvalue weighted by Gasteiger charge is -2.17. The number of methoxy groups -OCH3 is 1. The van der Waals surface area contributed by atoms with Gasteiger partial charge in [-0.15, -0.1) is 0 Å². The molecule has 1 atom stereocenters. The number of hydrogen-bond donors (Lipinski definition) is 1. The molecule has 5 nitrogen and oxygen atoms in total. The van der Waals surface area contributed by atoms with E-state index in [2.05, 4.69) is 21.8 Å². The number of ether oxygens (including phenoxy) is 1. The minimum absolute atomic E-state index is 0.0309. The second kappa shape index (κ2) is 7.94. The zero-order valence-electron chi connectivity index (χ0n) is 14.6. The van der Waals surface area contributed by atoms with Crippen LogP contribution in [0.25, 0.3) is 10.9 Å². The van der Waals surface area contributed by atoms with E-state index in [1.54, 1.807) is 19.5 Å². The van der Waals surface area contributed by atoms with Crippen LogP contribution in [0.4, 0.5) is 0 Å². The number of nitrogens with zero attached hydrogens (tertiary/aromatic N) is 2. The van der Waals surface area contributed by atoms with E-state index >= 15 is 0 Å². The first-order chi connectivity index (χ1) is 12.2. The minimum Gasteiger partial charge on any atom is -0.383 e. The summed E-state index contributed by atoms with van der Waals surface area (Å²) in [5, 5.41) is 4.11.